The first-order valence-corrected chi connectivity index (χ1v) is 8.83. The molecule has 0 radical (unpaired) electrons. The van der Waals surface area contributed by atoms with Crippen LogP contribution < -0.4 is 5.32 Å². The number of amides is 1. The molecule has 2 aromatic carbocycles. The lowest BCUT2D eigenvalue weighted by molar-refractivity contribution is -0.143. The van der Waals surface area contributed by atoms with Crippen LogP contribution in [0.2, 0.25) is 0 Å². The average molecular weight is 416 g/mol. The maximum absolute atomic E-state index is 13.3. The van der Waals surface area contributed by atoms with E-state index in [-0.39, 0.29) is 18.2 Å². The molecule has 1 N–H and O–H groups in total. The molecule has 156 valence electrons. The van der Waals surface area contributed by atoms with Gasteiger partial charge in [-0.3, -0.25) is 4.79 Å². The topological polar surface area (TPSA) is 32.3 Å². The summed E-state index contributed by atoms with van der Waals surface area (Å²) in [5.74, 6) is -0.427. The molecule has 1 heterocycles. The van der Waals surface area contributed by atoms with Gasteiger partial charge < -0.3 is 10.2 Å². The van der Waals surface area contributed by atoms with Crippen LogP contribution in [-0.2, 0) is 17.1 Å². The van der Waals surface area contributed by atoms with Gasteiger partial charge in [0.2, 0.25) is 5.91 Å². The molecule has 2 atom stereocenters. The number of rotatable bonds is 2. The van der Waals surface area contributed by atoms with E-state index in [4.69, 9.17) is 0 Å². The lowest BCUT2D eigenvalue weighted by Crippen LogP contribution is -2.49. The van der Waals surface area contributed by atoms with Gasteiger partial charge in [0.25, 0.3) is 0 Å². The Kier molecular flexibility index (Phi) is 5.62. The van der Waals surface area contributed by atoms with Crippen LogP contribution in [0.25, 0.3) is 0 Å². The van der Waals surface area contributed by atoms with Crippen LogP contribution in [-0.4, -0.2) is 23.9 Å². The fraction of sp³-hybridized carbons (Fsp3) is 0.350. The highest BCUT2D eigenvalue weighted by atomic mass is 19.4. The fourth-order valence-electron chi connectivity index (χ4n) is 3.61. The highest BCUT2D eigenvalue weighted by Crippen LogP contribution is 2.42. The number of hydrogen-bond donors (Lipinski definition) is 1. The van der Waals surface area contributed by atoms with Crippen molar-refractivity contribution in [2.75, 3.05) is 13.1 Å². The summed E-state index contributed by atoms with van der Waals surface area (Å²) in [6, 6.07) is 8.41. The molecule has 0 aliphatic carbocycles. The number of nitrogens with zero attached hydrogens (tertiary/aromatic N) is 1. The molecule has 29 heavy (non-hydrogen) atoms. The number of nitrogens with one attached hydrogen (secondary N) is 1. The molecule has 0 aromatic heterocycles. The summed E-state index contributed by atoms with van der Waals surface area (Å²) in [5.41, 5.74) is -2.36. The smallest absolute Gasteiger partial charge is 0.333 e. The van der Waals surface area contributed by atoms with Crippen molar-refractivity contribution in [3.8, 4) is 0 Å². The monoisotopic (exact) mass is 416 g/mol. The van der Waals surface area contributed by atoms with Crippen molar-refractivity contribution in [2.45, 2.75) is 31.4 Å². The third-order valence-corrected chi connectivity index (χ3v) is 4.88. The molecule has 1 aliphatic rings. The molecular weight excluding hydrogens is 398 g/mol. The van der Waals surface area contributed by atoms with Gasteiger partial charge in [-0.2, -0.15) is 26.3 Å². The summed E-state index contributed by atoms with van der Waals surface area (Å²) in [6.45, 7) is 1.78. The Hall–Kier alpha value is -2.55. The molecule has 1 fully saturated rings. The van der Waals surface area contributed by atoms with Gasteiger partial charge in [0.1, 0.15) is 0 Å². The molecule has 1 amide bonds. The van der Waals surface area contributed by atoms with Gasteiger partial charge in [0, 0.05) is 20.0 Å². The summed E-state index contributed by atoms with van der Waals surface area (Å²) in [4.78, 5) is 13.5. The summed E-state index contributed by atoms with van der Waals surface area (Å²) >= 11 is 0. The molecule has 0 bridgehead atoms. The van der Waals surface area contributed by atoms with E-state index in [0.29, 0.717) is 24.2 Å². The summed E-state index contributed by atoms with van der Waals surface area (Å²) < 4.78 is 79.9. The Morgan fingerprint density at radius 1 is 0.931 bits per heavy atom. The fourth-order valence-corrected chi connectivity index (χ4v) is 3.61. The zero-order valence-corrected chi connectivity index (χ0v) is 15.3. The number of piperazine rings is 1. The number of carbonyl (C=O) groups is 1. The lowest BCUT2D eigenvalue weighted by Gasteiger charge is -2.42. The van der Waals surface area contributed by atoms with Crippen LogP contribution in [0.5, 0.6) is 0 Å². The van der Waals surface area contributed by atoms with Gasteiger partial charge in [0.15, 0.2) is 0 Å². The van der Waals surface area contributed by atoms with Crippen molar-refractivity contribution in [2.24, 2.45) is 0 Å². The van der Waals surface area contributed by atoms with E-state index in [2.05, 4.69) is 5.32 Å². The Morgan fingerprint density at radius 3 is 1.97 bits per heavy atom. The van der Waals surface area contributed by atoms with Gasteiger partial charge in [0.05, 0.1) is 23.2 Å². The van der Waals surface area contributed by atoms with E-state index >= 15 is 0 Å². The highest BCUT2D eigenvalue weighted by molar-refractivity contribution is 5.74. The molecule has 0 saturated carbocycles. The normalized spacial score (nSPS) is 20.6. The second kappa shape index (κ2) is 7.70. The second-order valence-corrected chi connectivity index (χ2v) is 6.84. The second-order valence-electron chi connectivity index (χ2n) is 6.84. The lowest BCUT2D eigenvalue weighted by atomic mass is 9.88. The molecule has 2 aromatic rings. The van der Waals surface area contributed by atoms with Crippen LogP contribution in [0.15, 0.2) is 48.5 Å². The van der Waals surface area contributed by atoms with E-state index in [0.717, 1.165) is 0 Å². The van der Waals surface area contributed by atoms with Crippen molar-refractivity contribution in [1.82, 2.24) is 10.2 Å². The van der Waals surface area contributed by atoms with Gasteiger partial charge >= 0.3 is 12.4 Å². The molecule has 9 heteroatoms. The van der Waals surface area contributed by atoms with Gasteiger partial charge in [-0.15, -0.1) is 0 Å². The molecule has 1 aliphatic heterocycles. The van der Waals surface area contributed by atoms with Gasteiger partial charge in [-0.25, -0.2) is 0 Å². The number of benzene rings is 2. The van der Waals surface area contributed by atoms with E-state index in [1.54, 1.807) is 30.3 Å². The van der Waals surface area contributed by atoms with Gasteiger partial charge in [-0.05, 0) is 29.3 Å². The third kappa shape index (κ3) is 4.55. The largest absolute Gasteiger partial charge is 0.416 e. The summed E-state index contributed by atoms with van der Waals surface area (Å²) in [5, 5.41) is 3.13. The molecule has 0 spiro atoms. The number of alkyl halides is 6. The molecule has 3 nitrogen and oxygen atoms in total. The first-order valence-electron chi connectivity index (χ1n) is 8.83. The Labute approximate surface area is 163 Å². The minimum atomic E-state index is -4.96. The van der Waals surface area contributed by atoms with Crippen LogP contribution in [0.1, 0.15) is 41.3 Å². The van der Waals surface area contributed by atoms with E-state index in [1.807, 2.05) is 0 Å². The number of hydrogen-bond acceptors (Lipinski definition) is 2. The minimum Gasteiger partial charge on any atom is -0.333 e. The molecule has 3 rings (SSSR count). The standard InChI is InChI=1S/C20H18F6N2O/c1-12(29)28-8-7-27-17(13-5-3-2-4-6-13)18(28)14-9-15(19(21,22)23)11-16(10-14)20(24,25)26/h2-6,9-11,17-18,27H,7-8H2,1H3. The summed E-state index contributed by atoms with van der Waals surface area (Å²) in [6.07, 6.45) is -9.91. The van der Waals surface area contributed by atoms with Crippen molar-refractivity contribution in [3.63, 3.8) is 0 Å². The zero-order valence-electron chi connectivity index (χ0n) is 15.3. The van der Waals surface area contributed by atoms with Crippen LogP contribution in [0, 0.1) is 0 Å². The SMILES string of the molecule is CC(=O)N1CCNC(c2ccccc2)C1c1cc(C(F)(F)F)cc(C(F)(F)F)c1. The maximum atomic E-state index is 13.3. The highest BCUT2D eigenvalue weighted by Gasteiger charge is 2.41. The predicted molar refractivity (Wildman–Crippen MR) is 93.8 cm³/mol. The third-order valence-electron chi connectivity index (χ3n) is 4.88. The van der Waals surface area contributed by atoms with Crippen LogP contribution >= 0.6 is 0 Å². The zero-order chi connectivity index (χ0) is 21.4. The molecule has 2 unspecified atom stereocenters. The number of halogens is 6. The molecular formula is C20H18F6N2O. The Bertz CT molecular complexity index is 847. The maximum Gasteiger partial charge on any atom is 0.416 e. The van der Waals surface area contributed by atoms with Crippen LogP contribution in [0.3, 0.4) is 0 Å². The number of carbonyl (C=O) groups excluding carboxylic acids is 1. The van der Waals surface area contributed by atoms with E-state index in [9.17, 15) is 31.1 Å². The van der Waals surface area contributed by atoms with Crippen molar-refractivity contribution < 1.29 is 31.1 Å². The van der Waals surface area contributed by atoms with Crippen molar-refractivity contribution in [1.29, 1.82) is 0 Å². The Balaban J connectivity index is 2.20. The van der Waals surface area contributed by atoms with Crippen molar-refractivity contribution in [3.05, 3.63) is 70.8 Å². The van der Waals surface area contributed by atoms with Gasteiger partial charge in [-0.1, -0.05) is 30.3 Å². The van der Waals surface area contributed by atoms with Crippen molar-refractivity contribution >= 4 is 5.91 Å². The quantitative estimate of drug-likeness (QED) is 0.702. The predicted octanol–water partition coefficient (Wildman–Crippen LogP) is 4.96. The van der Waals surface area contributed by atoms with Crippen LogP contribution in [0.4, 0.5) is 26.3 Å². The Morgan fingerprint density at radius 2 is 1.48 bits per heavy atom. The van der Waals surface area contributed by atoms with E-state index in [1.165, 1.54) is 11.8 Å². The average Bonchev–Trinajstić information content (AvgIpc) is 2.66. The minimum absolute atomic E-state index is 0.0926. The first kappa shape index (κ1) is 21.2. The molecule has 1 saturated heterocycles. The first-order chi connectivity index (χ1) is 13.5. The van der Waals surface area contributed by atoms with E-state index < -0.39 is 41.5 Å². The summed E-state index contributed by atoms with van der Waals surface area (Å²) in [7, 11) is 0.